The number of anilines is 2. The third kappa shape index (κ3) is 3.65. The largest absolute Gasteiger partial charge is 0.369 e. The molecule has 2 aliphatic rings. The molecule has 0 unspecified atom stereocenters. The second-order valence-corrected chi connectivity index (χ2v) is 7.53. The molecule has 4 rings (SSSR count). The molecule has 2 aromatic rings. The van der Waals surface area contributed by atoms with Crippen molar-refractivity contribution in [3.05, 3.63) is 65.0 Å². The van der Waals surface area contributed by atoms with Crippen molar-refractivity contribution < 1.29 is 14.0 Å². The van der Waals surface area contributed by atoms with Crippen molar-refractivity contribution in [1.29, 1.82) is 0 Å². The number of hydrogen-bond acceptors (Lipinski definition) is 4. The molecular weight excluding hydrogens is 389 g/mol. The van der Waals surface area contributed by atoms with Gasteiger partial charge in [0, 0.05) is 13.1 Å². The van der Waals surface area contributed by atoms with Gasteiger partial charge < -0.3 is 4.90 Å². The molecule has 0 radical (unpaired) electrons. The zero-order valence-corrected chi connectivity index (χ0v) is 16.8. The average molecular weight is 409 g/mol. The lowest BCUT2D eigenvalue weighted by Gasteiger charge is -2.29. The number of rotatable bonds is 3. The lowest BCUT2D eigenvalue weighted by atomic mass is 10.0. The van der Waals surface area contributed by atoms with E-state index in [-0.39, 0.29) is 16.5 Å². The minimum absolute atomic E-state index is 0.0237. The maximum absolute atomic E-state index is 14.7. The van der Waals surface area contributed by atoms with Gasteiger partial charge in [0.1, 0.15) is 11.4 Å². The van der Waals surface area contributed by atoms with Crippen LogP contribution in [0.15, 0.2) is 48.0 Å². The van der Waals surface area contributed by atoms with Gasteiger partial charge in [-0.3, -0.25) is 19.8 Å². The smallest absolute Gasteiger partial charge is 0.270 e. The summed E-state index contributed by atoms with van der Waals surface area (Å²) < 4.78 is 14.7. The highest BCUT2D eigenvalue weighted by Gasteiger charge is 2.34. The van der Waals surface area contributed by atoms with Crippen molar-refractivity contribution in [3.8, 4) is 0 Å². The van der Waals surface area contributed by atoms with Gasteiger partial charge in [0.15, 0.2) is 5.11 Å². The molecule has 0 saturated carbocycles. The minimum Gasteiger partial charge on any atom is -0.369 e. The Bertz CT molecular complexity index is 1030. The van der Waals surface area contributed by atoms with Crippen LogP contribution in [0.5, 0.6) is 0 Å². The van der Waals surface area contributed by atoms with Gasteiger partial charge in [-0.05, 0) is 73.5 Å². The molecule has 7 heteroatoms. The number of nitrogens with zero attached hydrogens (tertiary/aromatic N) is 2. The Kier molecular flexibility index (Phi) is 5.15. The molecule has 2 heterocycles. The molecule has 2 amide bonds. The van der Waals surface area contributed by atoms with Crippen molar-refractivity contribution in [2.45, 2.75) is 19.8 Å². The predicted molar refractivity (Wildman–Crippen MR) is 115 cm³/mol. The van der Waals surface area contributed by atoms with Gasteiger partial charge in [-0.1, -0.05) is 18.2 Å². The van der Waals surface area contributed by atoms with E-state index in [0.29, 0.717) is 16.9 Å². The Balaban J connectivity index is 1.71. The lowest BCUT2D eigenvalue weighted by molar-refractivity contribution is -0.122. The fraction of sp³-hybridized carbons (Fsp3) is 0.227. The van der Waals surface area contributed by atoms with Gasteiger partial charge in [0.2, 0.25) is 0 Å². The van der Waals surface area contributed by atoms with E-state index in [1.165, 1.54) is 17.0 Å². The van der Waals surface area contributed by atoms with E-state index < -0.39 is 11.8 Å². The number of benzene rings is 2. The highest BCUT2D eigenvalue weighted by atomic mass is 32.1. The van der Waals surface area contributed by atoms with E-state index in [4.69, 9.17) is 12.2 Å². The lowest BCUT2D eigenvalue weighted by Crippen LogP contribution is -2.54. The number of para-hydroxylation sites is 1. The third-order valence-electron chi connectivity index (χ3n) is 5.20. The third-order valence-corrected chi connectivity index (χ3v) is 5.48. The number of thiocarbonyl (C=S) groups is 1. The number of carbonyl (C=O) groups is 2. The van der Waals surface area contributed by atoms with Crippen LogP contribution in [-0.4, -0.2) is 30.0 Å². The molecule has 0 bridgehead atoms. The minimum atomic E-state index is -0.587. The van der Waals surface area contributed by atoms with Crippen LogP contribution in [0.4, 0.5) is 15.8 Å². The van der Waals surface area contributed by atoms with E-state index in [1.807, 2.05) is 17.9 Å². The van der Waals surface area contributed by atoms with E-state index in [1.54, 1.807) is 30.3 Å². The summed E-state index contributed by atoms with van der Waals surface area (Å²) in [5.41, 5.74) is 2.32. The summed E-state index contributed by atoms with van der Waals surface area (Å²) in [6, 6.07) is 12.0. The second kappa shape index (κ2) is 7.75. The fourth-order valence-electron chi connectivity index (χ4n) is 3.66. The van der Waals surface area contributed by atoms with Crippen LogP contribution in [-0.2, 0) is 9.59 Å². The van der Waals surface area contributed by atoms with E-state index in [2.05, 4.69) is 5.32 Å². The number of amides is 2. The molecule has 2 aromatic carbocycles. The zero-order valence-electron chi connectivity index (χ0n) is 15.9. The zero-order chi connectivity index (χ0) is 20.5. The monoisotopic (exact) mass is 409 g/mol. The number of hydrogen-bond donors (Lipinski definition) is 1. The normalized spacial score (nSPS) is 18.6. The molecule has 0 spiro atoms. The molecule has 2 aliphatic heterocycles. The molecule has 0 aromatic heterocycles. The van der Waals surface area contributed by atoms with Crippen molar-refractivity contribution >= 4 is 46.6 Å². The SMILES string of the molecule is Cc1cc(N2CCCC2)c(F)cc1/C=C1\C(=O)NC(=S)N(c2ccccc2)C1=O. The van der Waals surface area contributed by atoms with E-state index >= 15 is 0 Å². The summed E-state index contributed by atoms with van der Waals surface area (Å²) in [5.74, 6) is -1.48. The molecule has 0 atom stereocenters. The van der Waals surface area contributed by atoms with Crippen LogP contribution in [0.2, 0.25) is 0 Å². The molecule has 2 saturated heterocycles. The molecule has 148 valence electrons. The van der Waals surface area contributed by atoms with Gasteiger partial charge in [0.25, 0.3) is 11.8 Å². The van der Waals surface area contributed by atoms with Crippen molar-refractivity contribution in [1.82, 2.24) is 5.32 Å². The summed E-state index contributed by atoms with van der Waals surface area (Å²) in [6.07, 6.45) is 3.53. The van der Waals surface area contributed by atoms with Gasteiger partial charge in [-0.2, -0.15) is 0 Å². The van der Waals surface area contributed by atoms with Gasteiger partial charge >= 0.3 is 0 Å². The number of halogens is 1. The Hall–Kier alpha value is -3.06. The predicted octanol–water partition coefficient (Wildman–Crippen LogP) is 3.57. The quantitative estimate of drug-likeness (QED) is 0.478. The molecule has 1 N–H and O–H groups in total. The van der Waals surface area contributed by atoms with Gasteiger partial charge in [0.05, 0.1) is 11.4 Å². The maximum Gasteiger partial charge on any atom is 0.270 e. The van der Waals surface area contributed by atoms with Crippen molar-refractivity contribution in [3.63, 3.8) is 0 Å². The first-order valence-electron chi connectivity index (χ1n) is 9.47. The highest BCUT2D eigenvalue weighted by Crippen LogP contribution is 2.29. The Labute approximate surface area is 173 Å². The van der Waals surface area contributed by atoms with Crippen LogP contribution in [0.1, 0.15) is 24.0 Å². The molecule has 0 aliphatic carbocycles. The van der Waals surface area contributed by atoms with Gasteiger partial charge in [-0.25, -0.2) is 4.39 Å². The summed E-state index contributed by atoms with van der Waals surface area (Å²) in [6.45, 7) is 3.51. The summed E-state index contributed by atoms with van der Waals surface area (Å²) in [4.78, 5) is 28.8. The van der Waals surface area contributed by atoms with Crippen LogP contribution in [0, 0.1) is 12.7 Å². The topological polar surface area (TPSA) is 52.7 Å². The molecule has 29 heavy (non-hydrogen) atoms. The van der Waals surface area contributed by atoms with Crippen LogP contribution in [0.25, 0.3) is 6.08 Å². The number of aryl methyl sites for hydroxylation is 1. The van der Waals surface area contributed by atoms with E-state index in [0.717, 1.165) is 31.5 Å². The number of nitrogens with one attached hydrogen (secondary N) is 1. The first-order chi connectivity index (χ1) is 14.0. The standard InChI is InChI=1S/C22H20FN3O2S/c1-14-11-19(25-9-5-6-10-25)18(23)13-15(14)12-17-20(27)24-22(29)26(21(17)28)16-7-3-2-4-8-16/h2-4,7-8,11-13H,5-6,9-10H2,1H3,(H,24,27,29)/b17-12+. The summed E-state index contributed by atoms with van der Waals surface area (Å²) in [5, 5.41) is 2.57. The van der Waals surface area contributed by atoms with Crippen LogP contribution >= 0.6 is 12.2 Å². The van der Waals surface area contributed by atoms with Crippen molar-refractivity contribution in [2.24, 2.45) is 0 Å². The molecule has 2 fully saturated rings. The number of carbonyl (C=O) groups excluding carboxylic acids is 2. The molecule has 5 nitrogen and oxygen atoms in total. The van der Waals surface area contributed by atoms with Crippen LogP contribution < -0.4 is 15.1 Å². The molecular formula is C22H20FN3O2S. The Morgan fingerprint density at radius 1 is 1.10 bits per heavy atom. The second-order valence-electron chi connectivity index (χ2n) is 7.15. The van der Waals surface area contributed by atoms with E-state index in [9.17, 15) is 14.0 Å². The highest BCUT2D eigenvalue weighted by molar-refractivity contribution is 7.80. The summed E-state index contributed by atoms with van der Waals surface area (Å²) in [7, 11) is 0. The van der Waals surface area contributed by atoms with Crippen molar-refractivity contribution in [2.75, 3.05) is 22.9 Å². The Morgan fingerprint density at radius 3 is 2.48 bits per heavy atom. The van der Waals surface area contributed by atoms with Crippen LogP contribution in [0.3, 0.4) is 0 Å². The fourth-order valence-corrected chi connectivity index (χ4v) is 3.94. The average Bonchev–Trinajstić information content (AvgIpc) is 3.22. The van der Waals surface area contributed by atoms with Gasteiger partial charge in [-0.15, -0.1) is 0 Å². The first-order valence-corrected chi connectivity index (χ1v) is 9.88. The first kappa shape index (κ1) is 19.3. The summed E-state index contributed by atoms with van der Waals surface area (Å²) >= 11 is 5.19. The maximum atomic E-state index is 14.7. The Morgan fingerprint density at radius 2 is 1.79 bits per heavy atom.